The summed E-state index contributed by atoms with van der Waals surface area (Å²) in [5.41, 5.74) is 0.891. The van der Waals surface area contributed by atoms with E-state index in [9.17, 15) is 5.11 Å². The molecule has 0 saturated carbocycles. The van der Waals surface area contributed by atoms with Gasteiger partial charge in [-0.1, -0.05) is 27.4 Å². The quantitative estimate of drug-likeness (QED) is 0.366. The molecular weight excluding hydrogens is 268 g/mol. The first-order chi connectivity index (χ1) is 9.12. The van der Waals surface area contributed by atoms with Crippen molar-refractivity contribution >= 4 is 8.32 Å². The normalized spacial score (nSPS) is 14.3. The molecule has 0 aromatic heterocycles. The van der Waals surface area contributed by atoms with Crippen LogP contribution >= 0.6 is 0 Å². The predicted molar refractivity (Wildman–Crippen MR) is 88.5 cm³/mol. The maximum atomic E-state index is 9.92. The Morgan fingerprint density at radius 1 is 1.20 bits per heavy atom. The summed E-state index contributed by atoms with van der Waals surface area (Å²) in [5.74, 6) is 0. The minimum atomic E-state index is -1.65. The Morgan fingerprint density at radius 2 is 1.80 bits per heavy atom. The van der Waals surface area contributed by atoms with Crippen LogP contribution < -0.4 is 0 Å². The van der Waals surface area contributed by atoms with E-state index in [4.69, 9.17) is 9.53 Å². The van der Waals surface area contributed by atoms with Crippen molar-refractivity contribution in [3.05, 3.63) is 12.2 Å². The fraction of sp³-hybridized carbons (Fsp3) is 0.875. The number of unbranched alkanes of at least 4 members (excludes halogenated alkanes) is 1. The molecule has 0 aromatic rings. The van der Waals surface area contributed by atoms with Gasteiger partial charge in [0.1, 0.15) is 0 Å². The second-order valence-corrected chi connectivity index (χ2v) is 11.9. The highest BCUT2D eigenvalue weighted by Gasteiger charge is 2.36. The number of aliphatic hydroxyl groups is 2. The third-order valence-electron chi connectivity index (χ3n) is 4.27. The molecule has 0 amide bonds. The Bertz CT molecular complexity index is 282. The smallest absolute Gasteiger partial charge is 0.191 e. The van der Waals surface area contributed by atoms with E-state index in [1.165, 1.54) is 0 Å². The zero-order chi connectivity index (χ0) is 15.8. The standard InChI is InChI=1S/C16H34O3Si/c1-14(15(18)11-7-8-12-17)10-9-13-19-20(5,6)16(2,3)4/h15,17-18H,1,7-13H2,2-6H3. The van der Waals surface area contributed by atoms with Crippen LogP contribution in [0.3, 0.4) is 0 Å². The summed E-state index contributed by atoms with van der Waals surface area (Å²) in [7, 11) is -1.65. The maximum Gasteiger partial charge on any atom is 0.191 e. The van der Waals surface area contributed by atoms with Gasteiger partial charge in [0.05, 0.1) is 6.10 Å². The second kappa shape index (κ2) is 8.98. The molecule has 4 heteroatoms. The van der Waals surface area contributed by atoms with Crippen LogP contribution in [0, 0.1) is 0 Å². The molecule has 0 fully saturated rings. The first-order valence-electron chi connectivity index (χ1n) is 7.72. The fourth-order valence-electron chi connectivity index (χ4n) is 1.66. The molecule has 0 aliphatic heterocycles. The molecule has 1 atom stereocenters. The van der Waals surface area contributed by atoms with E-state index in [0.29, 0.717) is 6.42 Å². The van der Waals surface area contributed by atoms with Crippen molar-refractivity contribution in [2.45, 2.75) is 77.1 Å². The van der Waals surface area contributed by atoms with Crippen molar-refractivity contribution in [3.63, 3.8) is 0 Å². The molecule has 0 radical (unpaired) electrons. The average molecular weight is 303 g/mol. The van der Waals surface area contributed by atoms with E-state index in [2.05, 4.69) is 40.4 Å². The van der Waals surface area contributed by atoms with Gasteiger partial charge in [-0.15, -0.1) is 0 Å². The van der Waals surface area contributed by atoms with Crippen LogP contribution in [0.15, 0.2) is 12.2 Å². The van der Waals surface area contributed by atoms with Crippen LogP contribution in [-0.2, 0) is 4.43 Å². The van der Waals surface area contributed by atoms with Crippen molar-refractivity contribution in [3.8, 4) is 0 Å². The Labute approximate surface area is 126 Å². The van der Waals surface area contributed by atoms with Crippen molar-refractivity contribution < 1.29 is 14.6 Å². The van der Waals surface area contributed by atoms with Crippen LogP contribution in [0.25, 0.3) is 0 Å². The Balaban J connectivity index is 3.87. The highest BCUT2D eigenvalue weighted by molar-refractivity contribution is 6.74. The van der Waals surface area contributed by atoms with Gasteiger partial charge in [0.25, 0.3) is 0 Å². The number of rotatable bonds is 10. The molecule has 0 aromatic carbocycles. The zero-order valence-electron chi connectivity index (χ0n) is 14.0. The summed E-state index contributed by atoms with van der Waals surface area (Å²) in [6.07, 6.45) is 3.59. The van der Waals surface area contributed by atoms with Crippen molar-refractivity contribution in [1.29, 1.82) is 0 Å². The van der Waals surface area contributed by atoms with Gasteiger partial charge in [-0.25, -0.2) is 0 Å². The van der Waals surface area contributed by atoms with E-state index >= 15 is 0 Å². The summed E-state index contributed by atoms with van der Waals surface area (Å²) < 4.78 is 6.11. The molecule has 0 aliphatic rings. The van der Waals surface area contributed by atoms with Gasteiger partial charge in [0.15, 0.2) is 8.32 Å². The third-order valence-corrected chi connectivity index (χ3v) is 8.81. The summed E-state index contributed by atoms with van der Waals surface area (Å²) in [6.45, 7) is 16.1. The lowest BCUT2D eigenvalue weighted by atomic mass is 10.0. The molecule has 120 valence electrons. The lowest BCUT2D eigenvalue weighted by Crippen LogP contribution is -2.41. The molecular formula is C16H34O3Si. The largest absolute Gasteiger partial charge is 0.417 e. The average Bonchev–Trinajstić information content (AvgIpc) is 2.33. The van der Waals surface area contributed by atoms with Gasteiger partial charge in [0, 0.05) is 13.2 Å². The molecule has 0 rings (SSSR count). The first-order valence-corrected chi connectivity index (χ1v) is 10.6. The van der Waals surface area contributed by atoms with E-state index in [-0.39, 0.29) is 11.6 Å². The summed E-state index contributed by atoms with van der Waals surface area (Å²) in [4.78, 5) is 0. The van der Waals surface area contributed by atoms with Crippen LogP contribution in [0.5, 0.6) is 0 Å². The number of hydrogen-bond acceptors (Lipinski definition) is 3. The maximum absolute atomic E-state index is 9.92. The Morgan fingerprint density at radius 3 is 2.30 bits per heavy atom. The SMILES string of the molecule is C=C(CCCO[Si](C)(C)C(C)(C)C)C(O)CCCCO. The van der Waals surface area contributed by atoms with Gasteiger partial charge in [-0.05, 0) is 55.8 Å². The van der Waals surface area contributed by atoms with E-state index in [1.807, 2.05) is 0 Å². The van der Waals surface area contributed by atoms with E-state index in [1.54, 1.807) is 0 Å². The van der Waals surface area contributed by atoms with Gasteiger partial charge in [-0.2, -0.15) is 0 Å². The predicted octanol–water partition coefficient (Wildman–Crippen LogP) is 3.87. The molecule has 0 heterocycles. The monoisotopic (exact) mass is 302 g/mol. The summed E-state index contributed by atoms with van der Waals surface area (Å²) in [5, 5.41) is 18.9. The minimum Gasteiger partial charge on any atom is -0.417 e. The third kappa shape index (κ3) is 7.57. The lowest BCUT2D eigenvalue weighted by molar-refractivity contribution is 0.184. The molecule has 2 N–H and O–H groups in total. The number of aliphatic hydroxyl groups excluding tert-OH is 2. The number of hydrogen-bond donors (Lipinski definition) is 2. The van der Waals surface area contributed by atoms with Crippen LogP contribution in [0.4, 0.5) is 0 Å². The molecule has 0 bridgehead atoms. The van der Waals surface area contributed by atoms with Crippen LogP contribution in [0.2, 0.25) is 18.1 Å². The highest BCUT2D eigenvalue weighted by Crippen LogP contribution is 2.36. The molecule has 0 saturated heterocycles. The second-order valence-electron chi connectivity index (χ2n) is 7.11. The first kappa shape index (κ1) is 19.8. The summed E-state index contributed by atoms with van der Waals surface area (Å²) >= 11 is 0. The van der Waals surface area contributed by atoms with E-state index in [0.717, 1.165) is 37.9 Å². The Hall–Kier alpha value is -0.163. The van der Waals surface area contributed by atoms with Gasteiger partial charge in [-0.3, -0.25) is 0 Å². The van der Waals surface area contributed by atoms with Crippen molar-refractivity contribution in [1.82, 2.24) is 0 Å². The van der Waals surface area contributed by atoms with Gasteiger partial charge in [0.2, 0.25) is 0 Å². The molecule has 3 nitrogen and oxygen atoms in total. The van der Waals surface area contributed by atoms with Crippen LogP contribution in [-0.4, -0.2) is 37.8 Å². The molecule has 20 heavy (non-hydrogen) atoms. The molecule has 0 aliphatic carbocycles. The lowest BCUT2D eigenvalue weighted by Gasteiger charge is -2.36. The highest BCUT2D eigenvalue weighted by atomic mass is 28.4. The van der Waals surface area contributed by atoms with Crippen molar-refractivity contribution in [2.75, 3.05) is 13.2 Å². The van der Waals surface area contributed by atoms with Gasteiger partial charge >= 0.3 is 0 Å². The zero-order valence-corrected chi connectivity index (χ0v) is 15.0. The molecule has 1 unspecified atom stereocenters. The summed E-state index contributed by atoms with van der Waals surface area (Å²) in [6, 6.07) is 0. The minimum absolute atomic E-state index is 0.194. The fourth-order valence-corrected chi connectivity index (χ4v) is 2.75. The van der Waals surface area contributed by atoms with Crippen molar-refractivity contribution in [2.24, 2.45) is 0 Å². The van der Waals surface area contributed by atoms with E-state index < -0.39 is 14.4 Å². The Kier molecular flexibility index (Phi) is 8.90. The topological polar surface area (TPSA) is 49.7 Å². The van der Waals surface area contributed by atoms with Gasteiger partial charge < -0.3 is 14.6 Å². The van der Waals surface area contributed by atoms with Crippen LogP contribution in [0.1, 0.15) is 52.9 Å². The molecule has 0 spiro atoms.